The number of hydrogen-bond donors (Lipinski definition) is 1. The van der Waals surface area contributed by atoms with Crippen LogP contribution in [0.3, 0.4) is 0 Å². The van der Waals surface area contributed by atoms with E-state index in [1.54, 1.807) is 13.8 Å². The highest BCUT2D eigenvalue weighted by atomic mass is 19.4. The van der Waals surface area contributed by atoms with Crippen LogP contribution < -0.4 is 10.3 Å². The largest absolute Gasteiger partial charge is 0.573 e. The minimum atomic E-state index is -4.77. The van der Waals surface area contributed by atoms with Gasteiger partial charge in [0.1, 0.15) is 5.75 Å². The van der Waals surface area contributed by atoms with Crippen molar-refractivity contribution >= 4 is 0 Å². The van der Waals surface area contributed by atoms with Gasteiger partial charge in [0.25, 0.3) is 5.56 Å². The van der Waals surface area contributed by atoms with Gasteiger partial charge in [0.2, 0.25) is 0 Å². The number of halogens is 3. The summed E-state index contributed by atoms with van der Waals surface area (Å²) < 4.78 is 41.3. The van der Waals surface area contributed by atoms with Gasteiger partial charge in [-0.05, 0) is 31.5 Å². The van der Waals surface area contributed by atoms with Gasteiger partial charge in [0.15, 0.2) is 0 Å². The Hall–Kier alpha value is -2.35. The minimum Gasteiger partial charge on any atom is -0.406 e. The number of ether oxygens (including phenoxy) is 1. The molecule has 0 saturated carbocycles. The Morgan fingerprint density at radius 3 is 2.43 bits per heavy atom. The van der Waals surface area contributed by atoms with Crippen molar-refractivity contribution in [2.75, 3.05) is 0 Å². The zero-order valence-electron chi connectivity index (χ0n) is 12.5. The van der Waals surface area contributed by atoms with Crippen LogP contribution in [0, 0.1) is 13.8 Å². The Balaban J connectivity index is 2.14. The Labute approximate surface area is 130 Å². The molecule has 2 rings (SSSR count). The average Bonchev–Trinajstić information content (AvgIpc) is 2.47. The highest BCUT2D eigenvalue weighted by Gasteiger charge is 2.31. The lowest BCUT2D eigenvalue weighted by Gasteiger charge is -2.15. The lowest BCUT2D eigenvalue weighted by atomic mass is 10.1. The van der Waals surface area contributed by atoms with E-state index in [9.17, 15) is 23.1 Å². The van der Waals surface area contributed by atoms with Crippen molar-refractivity contribution in [1.29, 1.82) is 0 Å². The minimum absolute atomic E-state index is 0.0492. The average molecular weight is 328 g/mol. The molecule has 1 N–H and O–H groups in total. The number of benzene rings is 1. The maximum absolute atomic E-state index is 12.1. The molecule has 2 aromatic rings. The number of hydrogen-bond acceptors (Lipinski definition) is 4. The molecule has 124 valence electrons. The van der Waals surface area contributed by atoms with Gasteiger partial charge in [-0.15, -0.1) is 13.2 Å². The van der Waals surface area contributed by atoms with Crippen molar-refractivity contribution in [3.8, 4) is 5.75 Å². The molecule has 8 heteroatoms. The number of nitrogens with zero attached hydrogens (tertiary/aromatic N) is 2. The predicted molar refractivity (Wildman–Crippen MR) is 76.1 cm³/mol. The molecular formula is C15H15F3N2O3. The summed E-state index contributed by atoms with van der Waals surface area (Å²) in [4.78, 5) is 16.1. The SMILES string of the molecule is Cc1ncn(C[C@@H](O)c2ccc(OC(F)(F)F)cc2)c(=O)c1C. The van der Waals surface area contributed by atoms with Crippen molar-refractivity contribution in [3.05, 3.63) is 57.8 Å². The third kappa shape index (κ3) is 4.32. The molecule has 1 aromatic carbocycles. The Kier molecular flexibility index (Phi) is 4.74. The van der Waals surface area contributed by atoms with Crippen LogP contribution >= 0.6 is 0 Å². The molecule has 0 unspecified atom stereocenters. The van der Waals surface area contributed by atoms with Crippen molar-refractivity contribution in [2.45, 2.75) is 32.9 Å². The number of aliphatic hydroxyl groups is 1. The maximum atomic E-state index is 12.1. The van der Waals surface area contributed by atoms with Crippen LogP contribution in [0.4, 0.5) is 13.2 Å². The third-order valence-electron chi connectivity index (χ3n) is 3.38. The first-order chi connectivity index (χ1) is 10.7. The van der Waals surface area contributed by atoms with Crippen molar-refractivity contribution < 1.29 is 23.0 Å². The first kappa shape index (κ1) is 17.0. The second-order valence-corrected chi connectivity index (χ2v) is 5.05. The lowest BCUT2D eigenvalue weighted by Crippen LogP contribution is -2.26. The number of aromatic nitrogens is 2. The zero-order valence-corrected chi connectivity index (χ0v) is 12.5. The van der Waals surface area contributed by atoms with E-state index < -0.39 is 12.5 Å². The fourth-order valence-corrected chi connectivity index (χ4v) is 1.99. The highest BCUT2D eigenvalue weighted by molar-refractivity contribution is 5.28. The molecule has 0 fully saturated rings. The van der Waals surface area contributed by atoms with E-state index in [0.717, 1.165) is 12.1 Å². The molecular weight excluding hydrogens is 313 g/mol. The van der Waals surface area contributed by atoms with E-state index in [1.807, 2.05) is 0 Å². The molecule has 0 aliphatic heterocycles. The van der Waals surface area contributed by atoms with E-state index in [1.165, 1.54) is 23.0 Å². The van der Waals surface area contributed by atoms with Gasteiger partial charge in [0, 0.05) is 11.3 Å². The van der Waals surface area contributed by atoms with E-state index in [2.05, 4.69) is 9.72 Å². The number of aryl methyl sites for hydroxylation is 1. The second-order valence-electron chi connectivity index (χ2n) is 5.05. The Morgan fingerprint density at radius 1 is 1.26 bits per heavy atom. The summed E-state index contributed by atoms with van der Waals surface area (Å²) in [6, 6.07) is 4.83. The van der Waals surface area contributed by atoms with Gasteiger partial charge in [-0.25, -0.2) is 4.98 Å². The zero-order chi connectivity index (χ0) is 17.2. The molecule has 0 saturated heterocycles. The first-order valence-corrected chi connectivity index (χ1v) is 6.74. The molecule has 0 radical (unpaired) electrons. The summed E-state index contributed by atoms with van der Waals surface area (Å²) in [5, 5.41) is 10.1. The third-order valence-corrected chi connectivity index (χ3v) is 3.38. The van der Waals surface area contributed by atoms with Crippen LogP contribution in [-0.2, 0) is 6.54 Å². The van der Waals surface area contributed by atoms with Crippen LogP contribution in [0.5, 0.6) is 5.75 Å². The standard InChI is InChI=1S/C15H15F3N2O3/c1-9-10(2)19-8-20(14(9)22)7-13(21)11-3-5-12(6-4-11)23-15(16,17)18/h3-6,8,13,21H,7H2,1-2H3/t13-/m1/s1. The van der Waals surface area contributed by atoms with Gasteiger partial charge in [-0.2, -0.15) is 0 Å². The van der Waals surface area contributed by atoms with Crippen LogP contribution in [0.25, 0.3) is 0 Å². The van der Waals surface area contributed by atoms with Gasteiger partial charge in [-0.1, -0.05) is 12.1 Å². The molecule has 0 amide bonds. The van der Waals surface area contributed by atoms with Crippen LogP contribution in [0.2, 0.25) is 0 Å². The molecule has 0 aliphatic rings. The molecule has 0 aliphatic carbocycles. The van der Waals surface area contributed by atoms with Crippen LogP contribution in [0.1, 0.15) is 22.9 Å². The molecule has 0 bridgehead atoms. The molecule has 23 heavy (non-hydrogen) atoms. The van der Waals surface area contributed by atoms with Crippen molar-refractivity contribution in [1.82, 2.24) is 9.55 Å². The summed E-state index contributed by atoms with van der Waals surface area (Å²) in [5.74, 6) is -0.376. The maximum Gasteiger partial charge on any atom is 0.573 e. The molecule has 0 spiro atoms. The van der Waals surface area contributed by atoms with Crippen LogP contribution in [0.15, 0.2) is 35.4 Å². The predicted octanol–water partition coefficient (Wildman–Crippen LogP) is 2.49. The van der Waals surface area contributed by atoms with Gasteiger partial charge < -0.3 is 9.84 Å². The summed E-state index contributed by atoms with van der Waals surface area (Å²) in [7, 11) is 0. The first-order valence-electron chi connectivity index (χ1n) is 6.74. The summed E-state index contributed by atoms with van der Waals surface area (Å²) in [6.07, 6.45) is -4.50. The highest BCUT2D eigenvalue weighted by Crippen LogP contribution is 2.24. The van der Waals surface area contributed by atoms with E-state index >= 15 is 0 Å². The monoisotopic (exact) mass is 328 g/mol. The molecule has 5 nitrogen and oxygen atoms in total. The fraction of sp³-hybridized carbons (Fsp3) is 0.333. The molecule has 1 heterocycles. The van der Waals surface area contributed by atoms with Gasteiger partial charge >= 0.3 is 6.36 Å². The summed E-state index contributed by atoms with van der Waals surface area (Å²) >= 11 is 0. The second kappa shape index (κ2) is 6.41. The number of aliphatic hydroxyl groups excluding tert-OH is 1. The smallest absolute Gasteiger partial charge is 0.406 e. The topological polar surface area (TPSA) is 64.3 Å². The van der Waals surface area contributed by atoms with E-state index in [4.69, 9.17) is 0 Å². The normalized spacial score (nSPS) is 13.0. The molecule has 1 atom stereocenters. The number of alkyl halides is 3. The lowest BCUT2D eigenvalue weighted by molar-refractivity contribution is -0.274. The van der Waals surface area contributed by atoms with Gasteiger partial charge in [-0.3, -0.25) is 9.36 Å². The summed E-state index contributed by atoms with van der Waals surface area (Å²) in [6.45, 7) is 3.29. The Bertz CT molecular complexity index is 739. The van der Waals surface area contributed by atoms with E-state index in [-0.39, 0.29) is 17.9 Å². The van der Waals surface area contributed by atoms with Crippen LogP contribution in [-0.4, -0.2) is 21.0 Å². The van der Waals surface area contributed by atoms with Gasteiger partial charge in [0.05, 0.1) is 19.0 Å². The molecule has 1 aromatic heterocycles. The van der Waals surface area contributed by atoms with E-state index in [0.29, 0.717) is 16.8 Å². The Morgan fingerprint density at radius 2 is 1.87 bits per heavy atom. The fourth-order valence-electron chi connectivity index (χ4n) is 1.99. The van der Waals surface area contributed by atoms with Crippen molar-refractivity contribution in [3.63, 3.8) is 0 Å². The number of rotatable bonds is 4. The summed E-state index contributed by atoms with van der Waals surface area (Å²) in [5.41, 5.74) is 1.18. The van der Waals surface area contributed by atoms with Crippen molar-refractivity contribution in [2.24, 2.45) is 0 Å². The quantitative estimate of drug-likeness (QED) is 0.936.